The van der Waals surface area contributed by atoms with Gasteiger partial charge in [0.25, 0.3) is 5.91 Å². The summed E-state index contributed by atoms with van der Waals surface area (Å²) in [6.45, 7) is 1.24. The minimum absolute atomic E-state index is 0.0868. The van der Waals surface area contributed by atoms with Crippen molar-refractivity contribution in [3.8, 4) is 11.5 Å². The Morgan fingerprint density at radius 3 is 2.46 bits per heavy atom. The number of anilines is 1. The van der Waals surface area contributed by atoms with Gasteiger partial charge in [0, 0.05) is 11.8 Å². The third kappa shape index (κ3) is 5.44. The fourth-order valence-corrected chi connectivity index (χ4v) is 2.05. The highest BCUT2D eigenvalue weighted by molar-refractivity contribution is 5.94. The van der Waals surface area contributed by atoms with E-state index in [1.165, 1.54) is 13.2 Å². The lowest BCUT2D eigenvalue weighted by atomic mass is 10.2. The molecule has 138 valence electrons. The summed E-state index contributed by atoms with van der Waals surface area (Å²) >= 11 is 0. The van der Waals surface area contributed by atoms with Crippen molar-refractivity contribution in [2.75, 3.05) is 25.6 Å². The fourth-order valence-electron chi connectivity index (χ4n) is 2.05. The number of methoxy groups -OCH3 is 1. The van der Waals surface area contributed by atoms with Crippen molar-refractivity contribution in [2.45, 2.75) is 6.92 Å². The molecule has 0 heterocycles. The van der Waals surface area contributed by atoms with Crippen LogP contribution in [0, 0.1) is 18.6 Å². The molecule has 0 atom stereocenters. The van der Waals surface area contributed by atoms with E-state index in [0.29, 0.717) is 11.5 Å². The zero-order chi connectivity index (χ0) is 19.1. The topological polar surface area (TPSA) is 76.7 Å². The summed E-state index contributed by atoms with van der Waals surface area (Å²) in [4.78, 5) is 23.5. The van der Waals surface area contributed by atoms with Gasteiger partial charge in [0.05, 0.1) is 13.7 Å². The summed E-state index contributed by atoms with van der Waals surface area (Å²) < 4.78 is 36.4. The normalized spacial score (nSPS) is 10.2. The van der Waals surface area contributed by atoms with Gasteiger partial charge in [-0.25, -0.2) is 8.78 Å². The molecule has 0 aliphatic rings. The van der Waals surface area contributed by atoms with E-state index in [4.69, 9.17) is 9.47 Å². The number of rotatable bonds is 7. The molecule has 0 fully saturated rings. The van der Waals surface area contributed by atoms with E-state index in [0.717, 1.165) is 17.7 Å². The summed E-state index contributed by atoms with van der Waals surface area (Å²) in [6, 6.07) is 8.21. The number of hydrogen-bond acceptors (Lipinski definition) is 4. The van der Waals surface area contributed by atoms with Crippen LogP contribution >= 0.6 is 0 Å². The Hall–Kier alpha value is -3.16. The third-order valence-electron chi connectivity index (χ3n) is 3.33. The second-order valence-electron chi connectivity index (χ2n) is 5.40. The summed E-state index contributed by atoms with van der Waals surface area (Å²) in [5, 5.41) is 4.71. The molecule has 0 aliphatic heterocycles. The minimum atomic E-state index is -1.08. The zero-order valence-corrected chi connectivity index (χ0v) is 14.3. The fraction of sp³-hybridized carbons (Fsp3) is 0.222. The average Bonchev–Trinajstić information content (AvgIpc) is 2.62. The highest BCUT2D eigenvalue weighted by atomic mass is 19.2. The molecule has 6 nitrogen and oxygen atoms in total. The number of halogens is 2. The Morgan fingerprint density at radius 2 is 1.77 bits per heavy atom. The van der Waals surface area contributed by atoms with Gasteiger partial charge in [-0.15, -0.1) is 0 Å². The maximum atomic E-state index is 13.1. The maximum Gasteiger partial charge on any atom is 0.258 e. The molecule has 2 aromatic carbocycles. The van der Waals surface area contributed by atoms with Crippen LogP contribution in [-0.4, -0.2) is 32.1 Å². The first-order chi connectivity index (χ1) is 12.4. The van der Waals surface area contributed by atoms with Gasteiger partial charge in [-0.3, -0.25) is 9.59 Å². The van der Waals surface area contributed by atoms with Gasteiger partial charge in [0.2, 0.25) is 5.91 Å². The Labute approximate surface area is 149 Å². The molecular weight excluding hydrogens is 346 g/mol. The lowest BCUT2D eigenvalue weighted by molar-refractivity contribution is -0.125. The smallest absolute Gasteiger partial charge is 0.258 e. The average molecular weight is 364 g/mol. The molecule has 2 amide bonds. The molecule has 0 aliphatic carbocycles. The van der Waals surface area contributed by atoms with Gasteiger partial charge in [-0.2, -0.15) is 0 Å². The number of carbonyl (C=O) groups is 2. The Kier molecular flexibility index (Phi) is 6.48. The number of amides is 2. The number of ether oxygens (including phenoxy) is 2. The van der Waals surface area contributed by atoms with Crippen molar-refractivity contribution in [1.29, 1.82) is 0 Å². The molecule has 2 N–H and O–H groups in total. The van der Waals surface area contributed by atoms with Crippen LogP contribution in [-0.2, 0) is 9.59 Å². The van der Waals surface area contributed by atoms with Crippen molar-refractivity contribution in [3.63, 3.8) is 0 Å². The Morgan fingerprint density at radius 1 is 1.00 bits per heavy atom. The van der Waals surface area contributed by atoms with Gasteiger partial charge >= 0.3 is 0 Å². The molecule has 26 heavy (non-hydrogen) atoms. The van der Waals surface area contributed by atoms with Gasteiger partial charge in [-0.05, 0) is 36.8 Å². The quantitative estimate of drug-likeness (QED) is 0.791. The van der Waals surface area contributed by atoms with Gasteiger partial charge < -0.3 is 20.1 Å². The van der Waals surface area contributed by atoms with Crippen LogP contribution in [0.5, 0.6) is 11.5 Å². The Balaban J connectivity index is 1.79. The van der Waals surface area contributed by atoms with Crippen molar-refractivity contribution >= 4 is 17.5 Å². The molecule has 0 spiro atoms. The SMILES string of the molecule is COc1cc(C)ccc1OCC(=O)NCC(=O)Nc1ccc(F)c(F)c1. The first-order valence-corrected chi connectivity index (χ1v) is 7.68. The standard InChI is InChI=1S/C18H18F2N2O4/c1-11-3-6-15(16(7-11)25-2)26-10-18(24)21-9-17(23)22-12-4-5-13(19)14(20)8-12/h3-8H,9-10H2,1-2H3,(H,21,24)(H,22,23). The van der Waals surface area contributed by atoms with Crippen LogP contribution < -0.4 is 20.1 Å². The van der Waals surface area contributed by atoms with E-state index in [-0.39, 0.29) is 18.8 Å². The molecule has 0 bridgehead atoms. The number of carbonyl (C=O) groups excluding carboxylic acids is 2. The van der Waals surface area contributed by atoms with Crippen LogP contribution in [0.25, 0.3) is 0 Å². The molecular formula is C18H18F2N2O4. The van der Waals surface area contributed by atoms with E-state index in [2.05, 4.69) is 10.6 Å². The summed E-state index contributed by atoms with van der Waals surface area (Å²) in [6.07, 6.45) is 0. The van der Waals surface area contributed by atoms with E-state index in [1.807, 2.05) is 13.0 Å². The van der Waals surface area contributed by atoms with Crippen LogP contribution in [0.2, 0.25) is 0 Å². The predicted molar refractivity (Wildman–Crippen MR) is 91.2 cm³/mol. The monoisotopic (exact) mass is 364 g/mol. The van der Waals surface area contributed by atoms with Crippen molar-refractivity contribution in [2.24, 2.45) is 0 Å². The number of benzene rings is 2. The molecule has 0 aromatic heterocycles. The first kappa shape index (κ1) is 19.2. The maximum absolute atomic E-state index is 13.1. The highest BCUT2D eigenvalue weighted by Gasteiger charge is 2.10. The molecule has 2 aromatic rings. The summed E-state index contributed by atoms with van der Waals surface area (Å²) in [7, 11) is 1.49. The lowest BCUT2D eigenvalue weighted by Crippen LogP contribution is -2.35. The van der Waals surface area contributed by atoms with Crippen molar-refractivity contribution in [1.82, 2.24) is 5.32 Å². The van der Waals surface area contributed by atoms with Gasteiger partial charge in [0.1, 0.15) is 0 Å². The van der Waals surface area contributed by atoms with Crippen molar-refractivity contribution < 1.29 is 27.8 Å². The molecule has 8 heteroatoms. The van der Waals surface area contributed by atoms with Crippen molar-refractivity contribution in [3.05, 3.63) is 53.6 Å². The van der Waals surface area contributed by atoms with Crippen LogP contribution in [0.4, 0.5) is 14.5 Å². The van der Waals surface area contributed by atoms with Gasteiger partial charge in [0.15, 0.2) is 29.7 Å². The van der Waals surface area contributed by atoms with Crippen LogP contribution in [0.15, 0.2) is 36.4 Å². The molecule has 0 unspecified atom stereocenters. The van der Waals surface area contributed by atoms with Crippen LogP contribution in [0.3, 0.4) is 0 Å². The van der Waals surface area contributed by atoms with Crippen LogP contribution in [0.1, 0.15) is 5.56 Å². The van der Waals surface area contributed by atoms with E-state index < -0.39 is 23.4 Å². The minimum Gasteiger partial charge on any atom is -0.493 e. The number of nitrogens with one attached hydrogen (secondary N) is 2. The zero-order valence-electron chi connectivity index (χ0n) is 14.3. The summed E-state index contributed by atoms with van der Waals surface area (Å²) in [5.41, 5.74) is 1.07. The number of hydrogen-bond donors (Lipinski definition) is 2. The molecule has 0 saturated heterocycles. The second kappa shape index (κ2) is 8.80. The molecule has 0 saturated carbocycles. The van der Waals surface area contributed by atoms with E-state index >= 15 is 0 Å². The molecule has 2 rings (SSSR count). The second-order valence-corrected chi connectivity index (χ2v) is 5.40. The highest BCUT2D eigenvalue weighted by Crippen LogP contribution is 2.27. The summed E-state index contributed by atoms with van der Waals surface area (Å²) in [5.74, 6) is -2.30. The molecule has 0 radical (unpaired) electrons. The first-order valence-electron chi connectivity index (χ1n) is 7.68. The largest absolute Gasteiger partial charge is 0.493 e. The van der Waals surface area contributed by atoms with E-state index in [1.54, 1.807) is 12.1 Å². The van der Waals surface area contributed by atoms with Gasteiger partial charge in [-0.1, -0.05) is 6.07 Å². The predicted octanol–water partition coefficient (Wildman–Crippen LogP) is 2.42. The van der Waals surface area contributed by atoms with E-state index in [9.17, 15) is 18.4 Å². The third-order valence-corrected chi connectivity index (χ3v) is 3.33. The lowest BCUT2D eigenvalue weighted by Gasteiger charge is -2.11. The number of aryl methyl sites for hydroxylation is 1. The Bertz CT molecular complexity index is 812.